The van der Waals surface area contributed by atoms with Gasteiger partial charge in [0.15, 0.2) is 0 Å². The number of hydrogen-bond acceptors (Lipinski definition) is 3. The van der Waals surface area contributed by atoms with Crippen molar-refractivity contribution in [2.75, 3.05) is 50.9 Å². The second-order valence-electron chi connectivity index (χ2n) is 4.72. The van der Waals surface area contributed by atoms with Gasteiger partial charge in [0.1, 0.15) is 0 Å². The number of amides is 2. The number of carbonyl (C=O) groups excluding carboxylic acids is 1. The second kappa shape index (κ2) is 5.27. The average Bonchev–Trinajstić information content (AvgIpc) is 2.39. The minimum atomic E-state index is 0.0490. The van der Waals surface area contributed by atoms with Crippen LogP contribution in [0.2, 0.25) is 0 Å². The van der Waals surface area contributed by atoms with Crippen LogP contribution < -0.4 is 10.6 Å². The molecule has 0 atom stereocenters. The first kappa shape index (κ1) is 12.7. The number of likely N-dealkylation sites (N-methyl/N-ethyl adjacent to an activating group) is 1. The van der Waals surface area contributed by atoms with E-state index in [9.17, 15) is 4.79 Å². The summed E-state index contributed by atoms with van der Waals surface area (Å²) >= 11 is 0. The molecule has 2 rings (SSSR count). The van der Waals surface area contributed by atoms with Gasteiger partial charge in [-0.15, -0.1) is 0 Å². The maximum absolute atomic E-state index is 12.3. The zero-order valence-electron chi connectivity index (χ0n) is 11.0. The van der Waals surface area contributed by atoms with Gasteiger partial charge >= 0.3 is 6.03 Å². The van der Waals surface area contributed by atoms with Gasteiger partial charge in [0, 0.05) is 44.6 Å². The van der Waals surface area contributed by atoms with E-state index < -0.39 is 0 Å². The van der Waals surface area contributed by atoms with E-state index in [4.69, 9.17) is 5.73 Å². The summed E-state index contributed by atoms with van der Waals surface area (Å²) in [7, 11) is 3.87. The van der Waals surface area contributed by atoms with Crippen LogP contribution in [-0.4, -0.2) is 56.1 Å². The fourth-order valence-corrected chi connectivity index (χ4v) is 2.02. The van der Waals surface area contributed by atoms with Crippen LogP contribution in [0.15, 0.2) is 24.3 Å². The lowest BCUT2D eigenvalue weighted by atomic mass is 10.2. The Morgan fingerprint density at radius 3 is 2.28 bits per heavy atom. The van der Waals surface area contributed by atoms with Gasteiger partial charge in [0.2, 0.25) is 0 Å². The normalized spacial score (nSPS) is 16.7. The monoisotopic (exact) mass is 248 g/mol. The fraction of sp³-hybridized carbons (Fsp3) is 0.462. The van der Waals surface area contributed by atoms with Crippen LogP contribution in [0.4, 0.5) is 16.2 Å². The van der Waals surface area contributed by atoms with E-state index in [2.05, 4.69) is 11.9 Å². The summed E-state index contributed by atoms with van der Waals surface area (Å²) in [6.07, 6.45) is 0. The molecule has 0 bridgehead atoms. The van der Waals surface area contributed by atoms with Gasteiger partial charge in [-0.3, -0.25) is 4.90 Å². The molecule has 1 saturated heterocycles. The minimum absolute atomic E-state index is 0.0490. The molecule has 1 heterocycles. The molecule has 1 aliphatic heterocycles. The van der Waals surface area contributed by atoms with Gasteiger partial charge in [-0.05, 0) is 31.3 Å². The number of nitrogen functional groups attached to an aromatic ring is 1. The maximum Gasteiger partial charge on any atom is 0.324 e. The van der Waals surface area contributed by atoms with E-state index in [1.54, 1.807) is 11.9 Å². The average molecular weight is 248 g/mol. The van der Waals surface area contributed by atoms with Crippen LogP contribution in [0.5, 0.6) is 0 Å². The molecule has 5 heteroatoms. The Bertz CT molecular complexity index is 410. The third-order valence-electron chi connectivity index (χ3n) is 3.34. The lowest BCUT2D eigenvalue weighted by Gasteiger charge is -2.34. The summed E-state index contributed by atoms with van der Waals surface area (Å²) in [6, 6.07) is 7.39. The van der Waals surface area contributed by atoms with E-state index in [0.717, 1.165) is 31.9 Å². The van der Waals surface area contributed by atoms with Gasteiger partial charge in [-0.25, -0.2) is 4.79 Å². The number of nitrogens with two attached hydrogens (primary N) is 1. The van der Waals surface area contributed by atoms with Gasteiger partial charge < -0.3 is 15.5 Å². The van der Waals surface area contributed by atoms with Crippen molar-refractivity contribution in [2.24, 2.45) is 0 Å². The van der Waals surface area contributed by atoms with Crippen LogP contribution in [-0.2, 0) is 0 Å². The van der Waals surface area contributed by atoms with Crippen LogP contribution in [0.1, 0.15) is 0 Å². The number of rotatable bonds is 1. The predicted molar refractivity (Wildman–Crippen MR) is 73.7 cm³/mol. The third kappa shape index (κ3) is 2.73. The zero-order valence-corrected chi connectivity index (χ0v) is 11.0. The molecular weight excluding hydrogens is 228 g/mol. The molecular formula is C13H20N4O. The number of urea groups is 1. The highest BCUT2D eigenvalue weighted by atomic mass is 16.2. The Morgan fingerprint density at radius 1 is 1.17 bits per heavy atom. The molecule has 0 spiro atoms. The molecule has 0 unspecified atom stereocenters. The first-order valence-electron chi connectivity index (χ1n) is 6.14. The number of carbonyl (C=O) groups is 1. The van der Waals surface area contributed by atoms with Crippen molar-refractivity contribution in [1.82, 2.24) is 9.80 Å². The van der Waals surface area contributed by atoms with Gasteiger partial charge in [0.05, 0.1) is 0 Å². The van der Waals surface area contributed by atoms with E-state index >= 15 is 0 Å². The molecule has 0 aromatic heterocycles. The Labute approximate surface area is 108 Å². The first-order valence-corrected chi connectivity index (χ1v) is 6.14. The molecule has 1 fully saturated rings. The summed E-state index contributed by atoms with van der Waals surface area (Å²) in [5.74, 6) is 0. The summed E-state index contributed by atoms with van der Waals surface area (Å²) in [5, 5.41) is 0. The standard InChI is InChI=1S/C13H20N4O/c1-15-7-9-17(10-8-15)13(18)16(2)12-5-3-11(14)4-6-12/h3-6H,7-10,14H2,1-2H3. The van der Waals surface area contributed by atoms with E-state index in [1.165, 1.54) is 0 Å². The molecule has 0 aliphatic carbocycles. The number of hydrogen-bond donors (Lipinski definition) is 1. The molecule has 2 N–H and O–H groups in total. The summed E-state index contributed by atoms with van der Waals surface area (Å²) in [5.41, 5.74) is 7.22. The summed E-state index contributed by atoms with van der Waals surface area (Å²) in [4.78, 5) is 18.1. The Hall–Kier alpha value is -1.75. The molecule has 0 radical (unpaired) electrons. The Balaban J connectivity index is 2.02. The highest BCUT2D eigenvalue weighted by molar-refractivity contribution is 5.91. The fourth-order valence-electron chi connectivity index (χ4n) is 2.02. The lowest BCUT2D eigenvalue weighted by Crippen LogP contribution is -2.51. The second-order valence-corrected chi connectivity index (χ2v) is 4.72. The number of nitrogens with zero attached hydrogens (tertiary/aromatic N) is 3. The van der Waals surface area contributed by atoms with Crippen LogP contribution in [0.3, 0.4) is 0 Å². The number of anilines is 2. The largest absolute Gasteiger partial charge is 0.399 e. The summed E-state index contributed by atoms with van der Waals surface area (Å²) in [6.45, 7) is 3.44. The van der Waals surface area contributed by atoms with Crippen molar-refractivity contribution in [3.63, 3.8) is 0 Å². The highest BCUT2D eigenvalue weighted by Crippen LogP contribution is 2.16. The van der Waals surface area contributed by atoms with Gasteiger partial charge in [-0.1, -0.05) is 0 Å². The minimum Gasteiger partial charge on any atom is -0.399 e. The molecule has 98 valence electrons. The van der Waals surface area contributed by atoms with Gasteiger partial charge in [0.25, 0.3) is 0 Å². The van der Waals surface area contributed by atoms with Crippen molar-refractivity contribution < 1.29 is 4.79 Å². The number of piperazine rings is 1. The molecule has 0 saturated carbocycles. The number of benzene rings is 1. The maximum atomic E-state index is 12.3. The van der Waals surface area contributed by atoms with E-state index in [-0.39, 0.29) is 6.03 Å². The molecule has 1 aliphatic rings. The lowest BCUT2D eigenvalue weighted by molar-refractivity contribution is 0.160. The Morgan fingerprint density at radius 2 is 1.72 bits per heavy atom. The van der Waals surface area contributed by atoms with Crippen LogP contribution in [0.25, 0.3) is 0 Å². The van der Waals surface area contributed by atoms with E-state index in [1.807, 2.05) is 29.2 Å². The van der Waals surface area contributed by atoms with Crippen LogP contribution in [0, 0.1) is 0 Å². The van der Waals surface area contributed by atoms with E-state index in [0.29, 0.717) is 5.69 Å². The van der Waals surface area contributed by atoms with Crippen molar-refractivity contribution >= 4 is 17.4 Å². The molecule has 1 aromatic rings. The Kier molecular flexibility index (Phi) is 3.72. The van der Waals surface area contributed by atoms with Crippen LogP contribution >= 0.6 is 0 Å². The van der Waals surface area contributed by atoms with Crippen molar-refractivity contribution in [3.8, 4) is 0 Å². The first-order chi connectivity index (χ1) is 8.58. The summed E-state index contributed by atoms with van der Waals surface area (Å²) < 4.78 is 0. The quantitative estimate of drug-likeness (QED) is 0.756. The zero-order chi connectivity index (χ0) is 13.1. The molecule has 18 heavy (non-hydrogen) atoms. The highest BCUT2D eigenvalue weighted by Gasteiger charge is 2.22. The third-order valence-corrected chi connectivity index (χ3v) is 3.34. The topological polar surface area (TPSA) is 52.8 Å². The van der Waals surface area contributed by atoms with Crippen molar-refractivity contribution in [3.05, 3.63) is 24.3 Å². The predicted octanol–water partition coefficient (Wildman–Crippen LogP) is 1.07. The smallest absolute Gasteiger partial charge is 0.324 e. The molecule has 2 amide bonds. The van der Waals surface area contributed by atoms with Gasteiger partial charge in [-0.2, -0.15) is 0 Å². The van der Waals surface area contributed by atoms with Crippen molar-refractivity contribution in [2.45, 2.75) is 0 Å². The molecule has 5 nitrogen and oxygen atoms in total. The van der Waals surface area contributed by atoms with Crippen molar-refractivity contribution in [1.29, 1.82) is 0 Å². The molecule has 1 aromatic carbocycles. The SMILES string of the molecule is CN1CCN(C(=O)N(C)c2ccc(N)cc2)CC1.